The maximum Gasteiger partial charge on any atom is 0.254 e. The minimum Gasteiger partial charge on any atom is -0.373 e. The predicted octanol–water partition coefficient (Wildman–Crippen LogP) is 1.36. The number of morpholine rings is 1. The molecule has 2 aliphatic heterocycles. The molecule has 0 radical (unpaired) electrons. The van der Waals surface area contributed by atoms with E-state index in [4.69, 9.17) is 4.74 Å². The molecule has 0 unspecified atom stereocenters. The van der Waals surface area contributed by atoms with E-state index in [0.717, 1.165) is 35.6 Å². The van der Waals surface area contributed by atoms with Crippen LogP contribution >= 0.6 is 0 Å². The number of ether oxygens (including phenoxy) is 1. The van der Waals surface area contributed by atoms with Gasteiger partial charge in [0.1, 0.15) is 0 Å². The summed E-state index contributed by atoms with van der Waals surface area (Å²) in [6.45, 7) is 7.62. The Kier molecular flexibility index (Phi) is 4.31. The second-order valence-corrected chi connectivity index (χ2v) is 6.92. The first-order valence-corrected chi connectivity index (χ1v) is 8.85. The number of carbonyl (C=O) groups is 1. The molecule has 1 amide bonds. The van der Waals surface area contributed by atoms with Gasteiger partial charge in [0.05, 0.1) is 31.0 Å². The van der Waals surface area contributed by atoms with Crippen LogP contribution in [0.3, 0.4) is 0 Å². The summed E-state index contributed by atoms with van der Waals surface area (Å²) in [4.78, 5) is 15.0. The zero-order valence-corrected chi connectivity index (χ0v) is 14.7. The summed E-state index contributed by atoms with van der Waals surface area (Å²) in [5, 5.41) is 7.83. The molecular weight excluding hydrogens is 316 g/mol. The van der Waals surface area contributed by atoms with E-state index in [9.17, 15) is 4.79 Å². The molecular formula is C19H24N4O2. The van der Waals surface area contributed by atoms with E-state index in [2.05, 4.69) is 23.4 Å². The van der Waals surface area contributed by atoms with Crippen LogP contribution in [0.15, 0.2) is 30.3 Å². The number of hydrogen-bond donors (Lipinski definition) is 1. The molecule has 1 N–H and O–H groups in total. The summed E-state index contributed by atoms with van der Waals surface area (Å²) in [6, 6.07) is 10.1. The summed E-state index contributed by atoms with van der Waals surface area (Å²) in [5.74, 6) is 0.0946. The number of fused-ring (bicyclic) bond motifs is 1. The first kappa shape index (κ1) is 16.3. The van der Waals surface area contributed by atoms with Gasteiger partial charge in [0.2, 0.25) is 0 Å². The number of benzene rings is 1. The molecule has 1 aromatic carbocycles. The SMILES string of the molecule is Cc1cc(C)n(Cc2cccc(C(=O)N3CCO[C@H]4CNC[C@H]43)c2)n1. The van der Waals surface area contributed by atoms with Gasteiger partial charge in [0, 0.05) is 30.9 Å². The molecule has 1 aromatic heterocycles. The molecule has 0 saturated carbocycles. The molecule has 0 bridgehead atoms. The van der Waals surface area contributed by atoms with Crippen LogP contribution in [0.4, 0.5) is 0 Å². The fraction of sp³-hybridized carbons (Fsp3) is 0.474. The molecule has 2 aromatic rings. The number of aromatic nitrogens is 2. The number of hydrogen-bond acceptors (Lipinski definition) is 4. The minimum atomic E-state index is 0.0946. The molecule has 0 spiro atoms. The van der Waals surface area contributed by atoms with Crippen LogP contribution in [0.2, 0.25) is 0 Å². The zero-order chi connectivity index (χ0) is 17.4. The lowest BCUT2D eigenvalue weighted by molar-refractivity contribution is -0.0364. The smallest absolute Gasteiger partial charge is 0.254 e. The number of amides is 1. The fourth-order valence-corrected chi connectivity index (χ4v) is 3.82. The third-order valence-electron chi connectivity index (χ3n) is 5.06. The highest BCUT2D eigenvalue weighted by Crippen LogP contribution is 2.21. The van der Waals surface area contributed by atoms with Gasteiger partial charge in [-0.1, -0.05) is 12.1 Å². The van der Waals surface area contributed by atoms with Crippen molar-refractivity contribution < 1.29 is 9.53 Å². The van der Waals surface area contributed by atoms with Crippen LogP contribution in [0.25, 0.3) is 0 Å². The molecule has 3 heterocycles. The van der Waals surface area contributed by atoms with Crippen molar-refractivity contribution >= 4 is 5.91 Å². The lowest BCUT2D eigenvalue weighted by Gasteiger charge is -2.37. The van der Waals surface area contributed by atoms with Crippen molar-refractivity contribution in [2.75, 3.05) is 26.2 Å². The maximum atomic E-state index is 13.0. The standard InChI is InChI=1S/C19H24N4O2/c1-13-8-14(2)23(21-13)12-15-4-3-5-16(9-15)19(24)22-6-7-25-18-11-20-10-17(18)22/h3-5,8-9,17-18,20H,6-7,10-12H2,1-2H3/t17-,18+/m1/s1. The highest BCUT2D eigenvalue weighted by Gasteiger charge is 2.38. The van der Waals surface area contributed by atoms with Crippen molar-refractivity contribution in [1.82, 2.24) is 20.0 Å². The Morgan fingerprint density at radius 3 is 3.00 bits per heavy atom. The maximum absolute atomic E-state index is 13.0. The van der Waals surface area contributed by atoms with Crippen molar-refractivity contribution in [3.63, 3.8) is 0 Å². The number of carbonyl (C=O) groups excluding carboxylic acids is 1. The second-order valence-electron chi connectivity index (χ2n) is 6.92. The highest BCUT2D eigenvalue weighted by molar-refractivity contribution is 5.94. The zero-order valence-electron chi connectivity index (χ0n) is 14.7. The average molecular weight is 340 g/mol. The number of aryl methyl sites for hydroxylation is 2. The van der Waals surface area contributed by atoms with Gasteiger partial charge in [0.15, 0.2) is 0 Å². The molecule has 2 atom stereocenters. The summed E-state index contributed by atoms with van der Waals surface area (Å²) in [7, 11) is 0. The Morgan fingerprint density at radius 2 is 2.20 bits per heavy atom. The van der Waals surface area contributed by atoms with Crippen LogP contribution in [-0.2, 0) is 11.3 Å². The van der Waals surface area contributed by atoms with Gasteiger partial charge in [-0.2, -0.15) is 5.10 Å². The van der Waals surface area contributed by atoms with Crippen molar-refractivity contribution in [3.05, 3.63) is 52.8 Å². The quantitative estimate of drug-likeness (QED) is 0.917. The van der Waals surface area contributed by atoms with Crippen LogP contribution in [0, 0.1) is 13.8 Å². The topological polar surface area (TPSA) is 59.4 Å². The Labute approximate surface area is 147 Å². The van der Waals surface area contributed by atoms with Crippen molar-refractivity contribution in [1.29, 1.82) is 0 Å². The molecule has 2 fully saturated rings. The summed E-state index contributed by atoms with van der Waals surface area (Å²) in [6.07, 6.45) is 0.121. The number of rotatable bonds is 3. The lowest BCUT2D eigenvalue weighted by atomic mass is 10.1. The minimum absolute atomic E-state index is 0.0946. The van der Waals surface area contributed by atoms with E-state index >= 15 is 0 Å². The van der Waals surface area contributed by atoms with E-state index in [0.29, 0.717) is 19.7 Å². The van der Waals surface area contributed by atoms with E-state index in [-0.39, 0.29) is 18.1 Å². The molecule has 132 valence electrons. The normalized spacial score (nSPS) is 22.9. The third-order valence-corrected chi connectivity index (χ3v) is 5.06. The van der Waals surface area contributed by atoms with Crippen LogP contribution in [0.5, 0.6) is 0 Å². The van der Waals surface area contributed by atoms with Crippen LogP contribution in [0.1, 0.15) is 27.3 Å². The molecule has 25 heavy (non-hydrogen) atoms. The molecule has 2 aliphatic rings. The van der Waals surface area contributed by atoms with Gasteiger partial charge < -0.3 is 15.0 Å². The summed E-state index contributed by atoms with van der Waals surface area (Å²) in [5.41, 5.74) is 3.97. The van der Waals surface area contributed by atoms with Crippen molar-refractivity contribution in [2.45, 2.75) is 32.5 Å². The predicted molar refractivity (Wildman–Crippen MR) is 94.7 cm³/mol. The highest BCUT2D eigenvalue weighted by atomic mass is 16.5. The molecule has 2 saturated heterocycles. The molecule has 0 aliphatic carbocycles. The van der Waals surface area contributed by atoms with Crippen LogP contribution in [-0.4, -0.2) is 59.0 Å². The summed E-state index contributed by atoms with van der Waals surface area (Å²) < 4.78 is 7.75. The van der Waals surface area contributed by atoms with E-state index in [1.54, 1.807) is 0 Å². The monoisotopic (exact) mass is 340 g/mol. The third kappa shape index (κ3) is 3.19. The van der Waals surface area contributed by atoms with E-state index < -0.39 is 0 Å². The number of nitrogens with one attached hydrogen (secondary N) is 1. The first-order valence-electron chi connectivity index (χ1n) is 8.85. The van der Waals surface area contributed by atoms with Gasteiger partial charge in [-0.15, -0.1) is 0 Å². The molecule has 6 nitrogen and oxygen atoms in total. The fourth-order valence-electron chi connectivity index (χ4n) is 3.82. The van der Waals surface area contributed by atoms with Gasteiger partial charge in [0.25, 0.3) is 5.91 Å². The van der Waals surface area contributed by atoms with Gasteiger partial charge in [-0.05, 0) is 37.6 Å². The van der Waals surface area contributed by atoms with Gasteiger partial charge in [-0.3, -0.25) is 9.48 Å². The first-order chi connectivity index (χ1) is 12.1. The van der Waals surface area contributed by atoms with Gasteiger partial charge >= 0.3 is 0 Å². The second kappa shape index (κ2) is 6.61. The van der Waals surface area contributed by atoms with E-state index in [1.165, 1.54) is 0 Å². The van der Waals surface area contributed by atoms with E-state index in [1.807, 2.05) is 40.8 Å². The van der Waals surface area contributed by atoms with Gasteiger partial charge in [-0.25, -0.2) is 0 Å². The summed E-state index contributed by atoms with van der Waals surface area (Å²) >= 11 is 0. The Bertz CT molecular complexity index is 785. The molecule has 4 rings (SSSR count). The lowest BCUT2D eigenvalue weighted by Crippen LogP contribution is -2.53. The Hall–Kier alpha value is -2.18. The van der Waals surface area contributed by atoms with Crippen molar-refractivity contribution in [2.24, 2.45) is 0 Å². The largest absolute Gasteiger partial charge is 0.373 e. The number of nitrogens with zero attached hydrogens (tertiary/aromatic N) is 3. The average Bonchev–Trinajstić information content (AvgIpc) is 3.20. The van der Waals surface area contributed by atoms with Crippen molar-refractivity contribution in [3.8, 4) is 0 Å². The molecule has 6 heteroatoms. The van der Waals surface area contributed by atoms with Crippen LogP contribution < -0.4 is 5.32 Å². The Balaban J connectivity index is 1.54. The Morgan fingerprint density at radius 1 is 1.32 bits per heavy atom.